The highest BCUT2D eigenvalue weighted by Gasteiger charge is 2.26. The minimum atomic E-state index is 0.201. The van der Waals surface area contributed by atoms with Crippen molar-refractivity contribution in [3.05, 3.63) is 66.2 Å². The molecule has 172 valence electrons. The summed E-state index contributed by atoms with van der Waals surface area (Å²) in [5.74, 6) is 2.50. The summed E-state index contributed by atoms with van der Waals surface area (Å²) in [5.41, 5.74) is 3.35. The van der Waals surface area contributed by atoms with Crippen LogP contribution in [0.15, 0.2) is 59.1 Å². The quantitative estimate of drug-likeness (QED) is 0.578. The third-order valence-electron chi connectivity index (χ3n) is 6.52. The topological polar surface area (TPSA) is 62.1 Å². The number of methoxy groups -OCH3 is 1. The molecule has 2 aromatic carbocycles. The number of hydrogen-bond acceptors (Lipinski definition) is 6. The van der Waals surface area contributed by atoms with Crippen molar-refractivity contribution in [2.45, 2.75) is 19.4 Å². The molecule has 33 heavy (non-hydrogen) atoms. The van der Waals surface area contributed by atoms with Crippen LogP contribution in [0.4, 0.5) is 5.69 Å². The second-order valence-corrected chi connectivity index (χ2v) is 8.68. The molecule has 1 fully saturated rings. The Balaban J connectivity index is 1.12. The molecule has 3 heterocycles. The zero-order valence-electron chi connectivity index (χ0n) is 19.1. The van der Waals surface area contributed by atoms with Crippen LogP contribution in [0.25, 0.3) is 11.3 Å². The molecule has 1 aromatic heterocycles. The highest BCUT2D eigenvalue weighted by molar-refractivity contribution is 5.95. The number of rotatable bonds is 6. The number of benzene rings is 2. The maximum atomic E-state index is 13.0. The van der Waals surface area contributed by atoms with Crippen molar-refractivity contribution in [2.24, 2.45) is 0 Å². The van der Waals surface area contributed by atoms with Crippen molar-refractivity contribution < 1.29 is 13.9 Å². The van der Waals surface area contributed by atoms with Crippen LogP contribution in [0.1, 0.15) is 17.9 Å². The Hall–Kier alpha value is -3.16. The van der Waals surface area contributed by atoms with Gasteiger partial charge < -0.3 is 14.1 Å². The van der Waals surface area contributed by atoms with Gasteiger partial charge in [0.1, 0.15) is 5.75 Å². The lowest BCUT2D eigenvalue weighted by atomic mass is 10.0. The third kappa shape index (κ3) is 4.94. The SMILES string of the molecule is COc1ccc(-c2cnc(CN3CCN(CC(=O)N4CCCc5ccccc54)CC3)o2)cc1. The molecule has 2 aliphatic rings. The van der Waals surface area contributed by atoms with E-state index in [-0.39, 0.29) is 5.91 Å². The van der Waals surface area contributed by atoms with Gasteiger partial charge in [-0.25, -0.2) is 4.98 Å². The van der Waals surface area contributed by atoms with Crippen molar-refractivity contribution in [1.82, 2.24) is 14.8 Å². The van der Waals surface area contributed by atoms with E-state index in [4.69, 9.17) is 9.15 Å². The van der Waals surface area contributed by atoms with E-state index < -0.39 is 0 Å². The van der Waals surface area contributed by atoms with Gasteiger partial charge in [-0.1, -0.05) is 18.2 Å². The van der Waals surface area contributed by atoms with Crippen LogP contribution in [0.2, 0.25) is 0 Å². The van der Waals surface area contributed by atoms with Crippen molar-refractivity contribution in [1.29, 1.82) is 0 Å². The molecule has 7 heteroatoms. The molecule has 0 bridgehead atoms. The zero-order chi connectivity index (χ0) is 22.6. The standard InChI is InChI=1S/C26H30N4O3/c1-32-22-10-8-21(9-11-22)24-17-27-25(33-24)18-28-13-15-29(16-14-28)19-26(31)30-12-4-6-20-5-2-3-7-23(20)30/h2-3,5,7-11,17H,4,6,12-16,18-19H2,1H3. The fourth-order valence-corrected chi connectivity index (χ4v) is 4.64. The molecular weight excluding hydrogens is 416 g/mol. The average Bonchev–Trinajstić information content (AvgIpc) is 3.33. The first-order valence-corrected chi connectivity index (χ1v) is 11.6. The first-order chi connectivity index (χ1) is 16.2. The van der Waals surface area contributed by atoms with Crippen LogP contribution in [0, 0.1) is 0 Å². The fraction of sp³-hybridized carbons (Fsp3) is 0.385. The molecular formula is C26H30N4O3. The largest absolute Gasteiger partial charge is 0.497 e. The average molecular weight is 447 g/mol. The summed E-state index contributed by atoms with van der Waals surface area (Å²) in [7, 11) is 1.66. The van der Waals surface area contributed by atoms with E-state index in [1.807, 2.05) is 35.2 Å². The fourth-order valence-electron chi connectivity index (χ4n) is 4.64. The lowest BCUT2D eigenvalue weighted by Crippen LogP contribution is -2.50. The second kappa shape index (κ2) is 9.77. The smallest absolute Gasteiger partial charge is 0.241 e. The second-order valence-electron chi connectivity index (χ2n) is 8.68. The molecule has 7 nitrogen and oxygen atoms in total. The highest BCUT2D eigenvalue weighted by atomic mass is 16.5. The minimum absolute atomic E-state index is 0.201. The number of piperazine rings is 1. The van der Waals surface area contributed by atoms with E-state index in [0.29, 0.717) is 13.1 Å². The van der Waals surface area contributed by atoms with E-state index in [1.54, 1.807) is 13.3 Å². The number of nitrogens with zero attached hydrogens (tertiary/aromatic N) is 4. The monoisotopic (exact) mass is 446 g/mol. The Labute approximate surface area is 194 Å². The lowest BCUT2D eigenvalue weighted by Gasteiger charge is -2.36. The lowest BCUT2D eigenvalue weighted by molar-refractivity contribution is -0.120. The van der Waals surface area contributed by atoms with Crippen molar-refractivity contribution in [2.75, 3.05) is 51.3 Å². The number of fused-ring (bicyclic) bond motifs is 1. The maximum absolute atomic E-state index is 13.0. The molecule has 2 aliphatic heterocycles. The molecule has 0 saturated carbocycles. The van der Waals surface area contributed by atoms with Gasteiger partial charge in [0.05, 0.1) is 26.4 Å². The first kappa shape index (κ1) is 21.7. The van der Waals surface area contributed by atoms with Crippen molar-refractivity contribution >= 4 is 11.6 Å². The predicted molar refractivity (Wildman–Crippen MR) is 127 cm³/mol. The Morgan fingerprint density at radius 1 is 1.00 bits per heavy atom. The predicted octanol–water partition coefficient (Wildman–Crippen LogP) is 3.45. The van der Waals surface area contributed by atoms with Crippen LogP contribution >= 0.6 is 0 Å². The number of aryl methyl sites for hydroxylation is 1. The van der Waals surface area contributed by atoms with Gasteiger partial charge in [-0.2, -0.15) is 0 Å². The Morgan fingerprint density at radius 2 is 1.76 bits per heavy atom. The van der Waals surface area contributed by atoms with Gasteiger partial charge >= 0.3 is 0 Å². The van der Waals surface area contributed by atoms with Gasteiger partial charge in [0.2, 0.25) is 11.8 Å². The van der Waals surface area contributed by atoms with Crippen LogP contribution in [-0.2, 0) is 17.8 Å². The number of ether oxygens (including phenoxy) is 1. The molecule has 0 radical (unpaired) electrons. The Bertz CT molecular complexity index is 1090. The van der Waals surface area contributed by atoms with Gasteiger partial charge in [-0.3, -0.25) is 14.6 Å². The van der Waals surface area contributed by atoms with Gasteiger partial charge in [-0.05, 0) is 48.7 Å². The summed E-state index contributed by atoms with van der Waals surface area (Å²) in [5, 5.41) is 0. The number of oxazole rings is 1. The molecule has 0 atom stereocenters. The molecule has 0 N–H and O–H groups in total. The summed E-state index contributed by atoms with van der Waals surface area (Å²) in [6.07, 6.45) is 3.87. The van der Waals surface area contributed by atoms with E-state index in [2.05, 4.69) is 33.0 Å². The number of carbonyl (C=O) groups excluding carboxylic acids is 1. The third-order valence-corrected chi connectivity index (χ3v) is 6.52. The van der Waals surface area contributed by atoms with E-state index in [0.717, 1.165) is 74.2 Å². The summed E-state index contributed by atoms with van der Waals surface area (Å²) in [6.45, 7) is 5.49. The first-order valence-electron chi connectivity index (χ1n) is 11.6. The summed E-state index contributed by atoms with van der Waals surface area (Å²) < 4.78 is 11.2. The highest BCUT2D eigenvalue weighted by Crippen LogP contribution is 2.27. The molecule has 0 unspecified atom stereocenters. The Kier molecular flexibility index (Phi) is 6.41. The van der Waals surface area contributed by atoms with Gasteiger partial charge in [0.25, 0.3) is 0 Å². The number of para-hydroxylation sites is 1. The summed E-state index contributed by atoms with van der Waals surface area (Å²) >= 11 is 0. The number of hydrogen-bond donors (Lipinski definition) is 0. The van der Waals surface area contributed by atoms with Crippen molar-refractivity contribution in [3.8, 4) is 17.1 Å². The zero-order valence-corrected chi connectivity index (χ0v) is 19.1. The molecule has 3 aromatic rings. The normalized spacial score (nSPS) is 17.1. The molecule has 5 rings (SSSR count). The number of aromatic nitrogens is 1. The van der Waals surface area contributed by atoms with E-state index in [9.17, 15) is 4.79 Å². The Morgan fingerprint density at radius 3 is 2.55 bits per heavy atom. The van der Waals surface area contributed by atoms with E-state index in [1.165, 1.54) is 5.56 Å². The summed E-state index contributed by atoms with van der Waals surface area (Å²) in [4.78, 5) is 24.0. The van der Waals surface area contributed by atoms with E-state index >= 15 is 0 Å². The van der Waals surface area contributed by atoms with Crippen LogP contribution < -0.4 is 9.64 Å². The molecule has 1 saturated heterocycles. The summed E-state index contributed by atoms with van der Waals surface area (Å²) in [6, 6.07) is 16.1. The van der Waals surface area contributed by atoms with Crippen LogP contribution in [-0.4, -0.2) is 67.1 Å². The minimum Gasteiger partial charge on any atom is -0.497 e. The van der Waals surface area contributed by atoms with Crippen LogP contribution in [0.3, 0.4) is 0 Å². The molecule has 0 aliphatic carbocycles. The molecule has 1 amide bonds. The number of carbonyl (C=O) groups is 1. The van der Waals surface area contributed by atoms with Gasteiger partial charge in [-0.15, -0.1) is 0 Å². The number of amides is 1. The van der Waals surface area contributed by atoms with Gasteiger partial charge in [0.15, 0.2) is 5.76 Å². The molecule has 0 spiro atoms. The van der Waals surface area contributed by atoms with Gasteiger partial charge in [0, 0.05) is 44.0 Å². The van der Waals surface area contributed by atoms with Crippen molar-refractivity contribution in [3.63, 3.8) is 0 Å². The van der Waals surface area contributed by atoms with Crippen LogP contribution in [0.5, 0.6) is 5.75 Å². The maximum Gasteiger partial charge on any atom is 0.241 e. The number of anilines is 1.